The van der Waals surface area contributed by atoms with Crippen LogP contribution in [-0.4, -0.2) is 14.7 Å². The zero-order chi connectivity index (χ0) is 9.84. The summed E-state index contributed by atoms with van der Waals surface area (Å²) in [6.07, 6.45) is 3.85. The first-order valence-electron chi connectivity index (χ1n) is 3.63. The molecular weight excluding hydrogens is 194 g/mol. The van der Waals surface area contributed by atoms with Gasteiger partial charge >= 0.3 is 5.82 Å². The lowest BCUT2D eigenvalue weighted by Gasteiger charge is -1.89. The summed E-state index contributed by atoms with van der Waals surface area (Å²) in [4.78, 5) is 9.73. The molecular formula is C7H8ClN3O2. The van der Waals surface area contributed by atoms with E-state index in [1.165, 1.54) is 10.9 Å². The molecule has 0 aromatic carbocycles. The summed E-state index contributed by atoms with van der Waals surface area (Å²) < 4.78 is 1.43. The second-order valence-corrected chi connectivity index (χ2v) is 2.81. The summed E-state index contributed by atoms with van der Waals surface area (Å²) in [5, 5.41) is 14.1. The number of hydrogen-bond acceptors (Lipinski definition) is 3. The van der Waals surface area contributed by atoms with Crippen molar-refractivity contribution in [2.24, 2.45) is 0 Å². The second kappa shape index (κ2) is 4.04. The van der Waals surface area contributed by atoms with E-state index < -0.39 is 4.92 Å². The standard InChI is InChI=1S/C7H8ClN3O2/c1-2-3-4-10-5-6(8)7(9-10)11(12)13/h2,5H,1,3-4H2. The smallest absolute Gasteiger partial charge is 0.358 e. The van der Waals surface area contributed by atoms with Gasteiger partial charge in [0.2, 0.25) is 0 Å². The van der Waals surface area contributed by atoms with Crippen LogP contribution in [0.3, 0.4) is 0 Å². The number of hydrogen-bond donors (Lipinski definition) is 0. The first kappa shape index (κ1) is 9.73. The van der Waals surface area contributed by atoms with Crippen molar-refractivity contribution in [2.75, 3.05) is 0 Å². The van der Waals surface area contributed by atoms with Crippen LogP contribution in [0.25, 0.3) is 0 Å². The van der Waals surface area contributed by atoms with Gasteiger partial charge in [0, 0.05) is 0 Å². The lowest BCUT2D eigenvalue weighted by molar-refractivity contribution is -0.389. The molecule has 0 aliphatic heterocycles. The fraction of sp³-hybridized carbons (Fsp3) is 0.286. The van der Waals surface area contributed by atoms with Crippen molar-refractivity contribution >= 4 is 17.4 Å². The summed E-state index contributed by atoms with van der Waals surface area (Å²) >= 11 is 5.57. The lowest BCUT2D eigenvalue weighted by atomic mass is 10.4. The number of allylic oxidation sites excluding steroid dienone is 1. The predicted molar refractivity (Wildman–Crippen MR) is 48.7 cm³/mol. The topological polar surface area (TPSA) is 61.0 Å². The minimum Gasteiger partial charge on any atom is -0.358 e. The van der Waals surface area contributed by atoms with E-state index in [1.54, 1.807) is 6.08 Å². The van der Waals surface area contributed by atoms with Crippen LogP contribution in [0.5, 0.6) is 0 Å². The van der Waals surface area contributed by atoms with Gasteiger partial charge in [0.15, 0.2) is 5.02 Å². The van der Waals surface area contributed by atoms with Gasteiger partial charge in [-0.25, -0.2) is 0 Å². The Morgan fingerprint density at radius 1 is 1.85 bits per heavy atom. The average molecular weight is 202 g/mol. The predicted octanol–water partition coefficient (Wildman–Crippen LogP) is 2.02. The number of nitro groups is 1. The van der Waals surface area contributed by atoms with E-state index in [0.29, 0.717) is 13.0 Å². The van der Waals surface area contributed by atoms with Crippen LogP contribution in [0.4, 0.5) is 5.82 Å². The first-order valence-corrected chi connectivity index (χ1v) is 4.01. The van der Waals surface area contributed by atoms with Gasteiger partial charge in [-0.3, -0.25) is 0 Å². The largest absolute Gasteiger partial charge is 0.408 e. The maximum absolute atomic E-state index is 10.3. The molecule has 0 unspecified atom stereocenters. The Morgan fingerprint density at radius 2 is 2.54 bits per heavy atom. The fourth-order valence-corrected chi connectivity index (χ4v) is 1.07. The van der Waals surface area contributed by atoms with E-state index in [4.69, 9.17) is 11.6 Å². The fourth-order valence-electron chi connectivity index (χ4n) is 0.849. The van der Waals surface area contributed by atoms with Crippen molar-refractivity contribution in [3.63, 3.8) is 0 Å². The van der Waals surface area contributed by atoms with Crippen LogP contribution < -0.4 is 0 Å². The van der Waals surface area contributed by atoms with E-state index >= 15 is 0 Å². The maximum Gasteiger partial charge on any atom is 0.408 e. The van der Waals surface area contributed by atoms with Crippen LogP contribution in [-0.2, 0) is 6.54 Å². The molecule has 0 N–H and O–H groups in total. The molecule has 0 spiro atoms. The van der Waals surface area contributed by atoms with Gasteiger partial charge in [-0.2, -0.15) is 4.68 Å². The highest BCUT2D eigenvalue weighted by atomic mass is 35.5. The Labute approximate surface area is 79.8 Å². The molecule has 0 saturated heterocycles. The van der Waals surface area contributed by atoms with Crippen molar-refractivity contribution < 1.29 is 4.92 Å². The molecule has 1 heterocycles. The molecule has 0 aliphatic rings. The third kappa shape index (κ3) is 2.29. The second-order valence-electron chi connectivity index (χ2n) is 2.40. The van der Waals surface area contributed by atoms with Crippen molar-refractivity contribution in [2.45, 2.75) is 13.0 Å². The molecule has 70 valence electrons. The molecule has 0 aliphatic carbocycles. The molecule has 0 bridgehead atoms. The van der Waals surface area contributed by atoms with Gasteiger partial charge in [0.1, 0.15) is 0 Å². The number of rotatable bonds is 4. The Kier molecular flexibility index (Phi) is 3.02. The zero-order valence-electron chi connectivity index (χ0n) is 6.81. The Hall–Kier alpha value is -1.36. The minimum absolute atomic E-state index is 0.0639. The van der Waals surface area contributed by atoms with Gasteiger partial charge in [-0.1, -0.05) is 17.7 Å². The molecule has 1 rings (SSSR count). The van der Waals surface area contributed by atoms with Crippen molar-refractivity contribution in [1.29, 1.82) is 0 Å². The molecule has 6 heteroatoms. The Bertz CT molecular complexity index is 334. The quantitative estimate of drug-likeness (QED) is 0.425. The number of aromatic nitrogens is 2. The van der Waals surface area contributed by atoms with Crippen LogP contribution in [0.15, 0.2) is 18.9 Å². The van der Waals surface area contributed by atoms with Gasteiger partial charge in [-0.05, 0) is 11.3 Å². The molecule has 13 heavy (non-hydrogen) atoms. The molecule has 0 atom stereocenters. The normalized spacial score (nSPS) is 9.92. The lowest BCUT2D eigenvalue weighted by Crippen LogP contribution is -1.98. The van der Waals surface area contributed by atoms with Crippen molar-refractivity contribution in [1.82, 2.24) is 9.78 Å². The number of halogens is 1. The minimum atomic E-state index is -0.604. The maximum atomic E-state index is 10.3. The van der Waals surface area contributed by atoms with Gasteiger partial charge in [0.25, 0.3) is 0 Å². The van der Waals surface area contributed by atoms with Crippen LogP contribution in [0, 0.1) is 10.1 Å². The Morgan fingerprint density at radius 3 is 3.00 bits per heavy atom. The summed E-state index contributed by atoms with van der Waals surface area (Å²) in [6.45, 7) is 4.08. The van der Waals surface area contributed by atoms with Crippen LogP contribution in [0.2, 0.25) is 5.02 Å². The molecule has 0 radical (unpaired) electrons. The summed E-state index contributed by atoms with van der Waals surface area (Å²) in [7, 11) is 0. The SMILES string of the molecule is C=CCCn1cc(Cl)c([N+](=O)[O-])n1. The number of aryl methyl sites for hydroxylation is 1. The summed E-state index contributed by atoms with van der Waals surface area (Å²) in [5.74, 6) is -0.300. The van der Waals surface area contributed by atoms with Gasteiger partial charge < -0.3 is 10.1 Å². The van der Waals surface area contributed by atoms with Crippen molar-refractivity contribution in [3.05, 3.63) is 34.0 Å². The highest BCUT2D eigenvalue weighted by molar-refractivity contribution is 6.32. The molecule has 0 saturated carbocycles. The van der Waals surface area contributed by atoms with E-state index in [0.717, 1.165) is 0 Å². The summed E-state index contributed by atoms with van der Waals surface area (Å²) in [6, 6.07) is 0. The molecule has 0 fully saturated rings. The third-order valence-corrected chi connectivity index (χ3v) is 1.70. The molecule has 1 aromatic heterocycles. The van der Waals surface area contributed by atoms with Crippen LogP contribution >= 0.6 is 11.6 Å². The van der Waals surface area contributed by atoms with Gasteiger partial charge in [0.05, 0.1) is 17.8 Å². The first-order chi connectivity index (χ1) is 6.15. The zero-order valence-corrected chi connectivity index (χ0v) is 7.57. The summed E-state index contributed by atoms with van der Waals surface area (Å²) in [5.41, 5.74) is 0. The molecule has 0 amide bonds. The van der Waals surface area contributed by atoms with Crippen LogP contribution in [0.1, 0.15) is 6.42 Å². The average Bonchev–Trinajstić information content (AvgIpc) is 2.43. The van der Waals surface area contributed by atoms with E-state index in [-0.39, 0.29) is 10.8 Å². The number of nitrogens with zero attached hydrogens (tertiary/aromatic N) is 3. The monoisotopic (exact) mass is 201 g/mol. The third-order valence-electron chi connectivity index (χ3n) is 1.43. The van der Waals surface area contributed by atoms with Crippen molar-refractivity contribution in [3.8, 4) is 0 Å². The van der Waals surface area contributed by atoms with E-state index in [2.05, 4.69) is 11.7 Å². The van der Waals surface area contributed by atoms with E-state index in [1.807, 2.05) is 0 Å². The van der Waals surface area contributed by atoms with E-state index in [9.17, 15) is 10.1 Å². The highest BCUT2D eigenvalue weighted by Gasteiger charge is 2.18. The molecule has 5 nitrogen and oxygen atoms in total. The Balaban J connectivity index is 2.82. The molecule has 1 aromatic rings. The van der Waals surface area contributed by atoms with Gasteiger partial charge in [-0.15, -0.1) is 6.58 Å². The highest BCUT2D eigenvalue weighted by Crippen LogP contribution is 2.21.